The minimum Gasteiger partial charge on any atom is -0.367 e. The van der Waals surface area contributed by atoms with Crippen LogP contribution in [0.3, 0.4) is 0 Å². The van der Waals surface area contributed by atoms with Crippen molar-refractivity contribution >= 4 is 22.4 Å². The van der Waals surface area contributed by atoms with Gasteiger partial charge in [0, 0.05) is 40.8 Å². The van der Waals surface area contributed by atoms with Crippen molar-refractivity contribution in [3.63, 3.8) is 0 Å². The standard InChI is InChI=1S/C12H23N5OS/c1-5-10-15-11(9(3)12(16-10)17-13)14-8(2)6-7-19(4)18/h8H,5-7,13H2,1-4H3,(H2,14,15,16,17). The van der Waals surface area contributed by atoms with Crippen LogP contribution in [0.15, 0.2) is 0 Å². The lowest BCUT2D eigenvalue weighted by atomic mass is 10.2. The number of nitrogen functional groups attached to an aromatic ring is 1. The second-order valence-corrected chi connectivity index (χ2v) is 6.13. The highest BCUT2D eigenvalue weighted by Crippen LogP contribution is 2.20. The summed E-state index contributed by atoms with van der Waals surface area (Å²) in [6.07, 6.45) is 3.30. The van der Waals surface area contributed by atoms with Crippen LogP contribution in [0.5, 0.6) is 0 Å². The summed E-state index contributed by atoms with van der Waals surface area (Å²) in [6, 6.07) is 0.202. The van der Waals surface area contributed by atoms with Crippen LogP contribution < -0.4 is 16.6 Å². The van der Waals surface area contributed by atoms with Crippen LogP contribution in [0.4, 0.5) is 11.6 Å². The van der Waals surface area contributed by atoms with Crippen LogP contribution in [-0.4, -0.2) is 32.2 Å². The Balaban J connectivity index is 2.84. The van der Waals surface area contributed by atoms with Gasteiger partial charge < -0.3 is 10.7 Å². The van der Waals surface area contributed by atoms with Crippen LogP contribution in [0.25, 0.3) is 0 Å². The van der Waals surface area contributed by atoms with Crippen molar-refractivity contribution in [3.8, 4) is 0 Å². The highest BCUT2D eigenvalue weighted by molar-refractivity contribution is 7.84. The lowest BCUT2D eigenvalue weighted by Crippen LogP contribution is -2.21. The van der Waals surface area contributed by atoms with Crippen molar-refractivity contribution in [2.24, 2.45) is 5.84 Å². The zero-order valence-electron chi connectivity index (χ0n) is 12.0. The first kappa shape index (κ1) is 15.8. The molecule has 0 fully saturated rings. The summed E-state index contributed by atoms with van der Waals surface area (Å²) in [5.41, 5.74) is 3.49. The molecule has 0 spiro atoms. The number of hydrogen-bond acceptors (Lipinski definition) is 6. The van der Waals surface area contributed by atoms with Gasteiger partial charge in [0.25, 0.3) is 0 Å². The number of nitrogens with one attached hydrogen (secondary N) is 2. The van der Waals surface area contributed by atoms with Gasteiger partial charge in [0.2, 0.25) is 0 Å². The van der Waals surface area contributed by atoms with E-state index in [0.717, 1.165) is 30.0 Å². The molecule has 7 heteroatoms. The molecule has 6 nitrogen and oxygen atoms in total. The molecule has 0 saturated carbocycles. The number of aryl methyl sites for hydroxylation is 1. The minimum atomic E-state index is -0.767. The van der Waals surface area contributed by atoms with E-state index in [1.54, 1.807) is 6.26 Å². The molecule has 1 rings (SSSR count). The predicted octanol–water partition coefficient (Wildman–Crippen LogP) is 1.20. The van der Waals surface area contributed by atoms with Gasteiger partial charge in [-0.3, -0.25) is 4.21 Å². The Labute approximate surface area is 117 Å². The highest BCUT2D eigenvalue weighted by Gasteiger charge is 2.12. The first-order chi connectivity index (χ1) is 8.97. The summed E-state index contributed by atoms with van der Waals surface area (Å²) < 4.78 is 11.1. The van der Waals surface area contributed by atoms with Gasteiger partial charge in [-0.25, -0.2) is 15.8 Å². The second kappa shape index (κ2) is 7.40. The Hall–Kier alpha value is -1.21. The summed E-state index contributed by atoms with van der Waals surface area (Å²) in [5, 5.41) is 3.33. The van der Waals surface area contributed by atoms with Crippen molar-refractivity contribution in [2.45, 2.75) is 39.7 Å². The molecule has 1 heterocycles. The molecule has 1 aromatic heterocycles. The lowest BCUT2D eigenvalue weighted by Gasteiger charge is -2.17. The number of aromatic nitrogens is 2. The van der Waals surface area contributed by atoms with Crippen molar-refractivity contribution < 1.29 is 4.21 Å². The van der Waals surface area contributed by atoms with E-state index < -0.39 is 10.8 Å². The first-order valence-corrected chi connectivity index (χ1v) is 8.11. The maximum Gasteiger partial charge on any atom is 0.148 e. The average Bonchev–Trinajstić information content (AvgIpc) is 2.38. The van der Waals surface area contributed by atoms with E-state index in [4.69, 9.17) is 5.84 Å². The van der Waals surface area contributed by atoms with Crippen LogP contribution in [-0.2, 0) is 17.2 Å². The van der Waals surface area contributed by atoms with Gasteiger partial charge in [-0.2, -0.15) is 0 Å². The molecule has 0 radical (unpaired) electrons. The monoisotopic (exact) mass is 285 g/mol. The number of rotatable bonds is 7. The van der Waals surface area contributed by atoms with Gasteiger partial charge in [-0.15, -0.1) is 0 Å². The van der Waals surface area contributed by atoms with Crippen molar-refractivity contribution in [1.82, 2.24) is 9.97 Å². The molecule has 2 unspecified atom stereocenters. The quantitative estimate of drug-likeness (QED) is 0.515. The maximum absolute atomic E-state index is 11.1. The molecule has 0 aliphatic carbocycles. The Morgan fingerprint density at radius 1 is 1.37 bits per heavy atom. The van der Waals surface area contributed by atoms with E-state index in [1.807, 2.05) is 13.8 Å². The second-order valence-electron chi connectivity index (χ2n) is 4.57. The number of hydrogen-bond donors (Lipinski definition) is 3. The average molecular weight is 285 g/mol. The van der Waals surface area contributed by atoms with Gasteiger partial charge >= 0.3 is 0 Å². The third-order valence-corrected chi connectivity index (χ3v) is 3.68. The third-order valence-electron chi connectivity index (χ3n) is 2.87. The fourth-order valence-electron chi connectivity index (χ4n) is 1.65. The van der Waals surface area contributed by atoms with E-state index in [1.165, 1.54) is 0 Å². The Bertz CT molecular complexity index is 452. The van der Waals surface area contributed by atoms with E-state index in [9.17, 15) is 4.21 Å². The molecule has 0 aromatic carbocycles. The molecular formula is C12H23N5OS. The lowest BCUT2D eigenvalue weighted by molar-refractivity contribution is 0.678. The van der Waals surface area contributed by atoms with Gasteiger partial charge in [-0.05, 0) is 20.3 Å². The van der Waals surface area contributed by atoms with Gasteiger partial charge in [-0.1, -0.05) is 6.92 Å². The first-order valence-electron chi connectivity index (χ1n) is 6.38. The summed E-state index contributed by atoms with van der Waals surface area (Å²) in [5.74, 6) is 8.31. The van der Waals surface area contributed by atoms with Crippen molar-refractivity contribution in [2.75, 3.05) is 22.8 Å². The predicted molar refractivity (Wildman–Crippen MR) is 80.6 cm³/mol. The SMILES string of the molecule is CCc1nc(NN)c(C)c(NC(C)CCS(C)=O)n1. The number of nitrogens with zero attached hydrogens (tertiary/aromatic N) is 2. The van der Waals surface area contributed by atoms with Crippen LogP contribution in [0.2, 0.25) is 0 Å². The molecule has 2 atom stereocenters. The maximum atomic E-state index is 11.1. The molecule has 0 aliphatic rings. The smallest absolute Gasteiger partial charge is 0.148 e. The molecule has 1 aromatic rings. The third kappa shape index (κ3) is 4.76. The molecule has 108 valence electrons. The molecule has 0 aliphatic heterocycles. The highest BCUT2D eigenvalue weighted by atomic mass is 32.2. The summed E-state index contributed by atoms with van der Waals surface area (Å²) >= 11 is 0. The molecule has 19 heavy (non-hydrogen) atoms. The molecule has 0 bridgehead atoms. The molecular weight excluding hydrogens is 262 g/mol. The van der Waals surface area contributed by atoms with E-state index in [2.05, 4.69) is 27.6 Å². The fourth-order valence-corrected chi connectivity index (χ4v) is 2.34. The van der Waals surface area contributed by atoms with Gasteiger partial charge in [0.15, 0.2) is 0 Å². The van der Waals surface area contributed by atoms with Gasteiger partial charge in [0.1, 0.15) is 17.5 Å². The topological polar surface area (TPSA) is 92.9 Å². The van der Waals surface area contributed by atoms with E-state index >= 15 is 0 Å². The molecule has 4 N–H and O–H groups in total. The van der Waals surface area contributed by atoms with Crippen molar-refractivity contribution in [3.05, 3.63) is 11.4 Å². The molecule has 0 saturated heterocycles. The van der Waals surface area contributed by atoms with Crippen LogP contribution >= 0.6 is 0 Å². The fraction of sp³-hybridized carbons (Fsp3) is 0.667. The van der Waals surface area contributed by atoms with Crippen LogP contribution in [0.1, 0.15) is 31.7 Å². The van der Waals surface area contributed by atoms with E-state index in [0.29, 0.717) is 11.6 Å². The van der Waals surface area contributed by atoms with Crippen molar-refractivity contribution in [1.29, 1.82) is 0 Å². The Morgan fingerprint density at radius 2 is 2.00 bits per heavy atom. The minimum absolute atomic E-state index is 0.202. The zero-order chi connectivity index (χ0) is 14.4. The van der Waals surface area contributed by atoms with Gasteiger partial charge in [0.05, 0.1) is 0 Å². The number of anilines is 2. The van der Waals surface area contributed by atoms with Crippen LogP contribution in [0, 0.1) is 6.92 Å². The summed E-state index contributed by atoms with van der Waals surface area (Å²) in [6.45, 7) is 5.97. The summed E-state index contributed by atoms with van der Waals surface area (Å²) in [4.78, 5) is 8.79. The Morgan fingerprint density at radius 3 is 2.53 bits per heavy atom. The normalized spacial score (nSPS) is 13.9. The largest absolute Gasteiger partial charge is 0.367 e. The summed E-state index contributed by atoms with van der Waals surface area (Å²) in [7, 11) is -0.767. The number of nitrogens with two attached hydrogens (primary N) is 1. The Kier molecular flexibility index (Phi) is 6.17. The van der Waals surface area contributed by atoms with E-state index in [-0.39, 0.29) is 6.04 Å². The number of hydrazine groups is 1. The molecule has 0 amide bonds. The zero-order valence-corrected chi connectivity index (χ0v) is 12.8.